The van der Waals surface area contributed by atoms with Gasteiger partial charge in [0.15, 0.2) is 0 Å². The van der Waals surface area contributed by atoms with Gasteiger partial charge in [0.25, 0.3) is 5.91 Å². The normalized spacial score (nSPS) is 21.0. The molecule has 6 heteroatoms. The van der Waals surface area contributed by atoms with E-state index < -0.39 is 0 Å². The summed E-state index contributed by atoms with van der Waals surface area (Å²) in [5, 5.41) is 0.956. The zero-order valence-electron chi connectivity index (χ0n) is 14.0. The number of carbonyl (C=O) groups excluding carboxylic acids is 2. The number of likely N-dealkylation sites (tertiary alicyclic amines) is 1. The molecular formula is C18H23N3O3. The predicted octanol–water partition coefficient (Wildman–Crippen LogP) is 2.29. The summed E-state index contributed by atoms with van der Waals surface area (Å²) in [5.74, 6) is 0.0744. The van der Waals surface area contributed by atoms with Crippen molar-refractivity contribution in [2.24, 2.45) is 11.7 Å². The second-order valence-corrected chi connectivity index (χ2v) is 6.35. The Morgan fingerprint density at radius 3 is 2.83 bits per heavy atom. The molecule has 2 heterocycles. The third-order valence-corrected chi connectivity index (χ3v) is 4.68. The summed E-state index contributed by atoms with van der Waals surface area (Å²) in [6, 6.07) is 7.65. The fourth-order valence-electron chi connectivity index (χ4n) is 3.25. The van der Waals surface area contributed by atoms with Crippen LogP contribution in [0.15, 0.2) is 24.3 Å². The highest BCUT2D eigenvalue weighted by molar-refractivity contribution is 5.98. The van der Waals surface area contributed by atoms with Crippen LogP contribution in [0.25, 0.3) is 10.9 Å². The van der Waals surface area contributed by atoms with E-state index in [0.29, 0.717) is 18.8 Å². The number of primary amides is 1. The van der Waals surface area contributed by atoms with E-state index in [0.717, 1.165) is 29.5 Å². The second-order valence-electron chi connectivity index (χ2n) is 6.35. The van der Waals surface area contributed by atoms with Gasteiger partial charge >= 0.3 is 0 Å². The van der Waals surface area contributed by atoms with Crippen LogP contribution >= 0.6 is 0 Å². The van der Waals surface area contributed by atoms with Gasteiger partial charge in [-0.25, -0.2) is 0 Å². The number of ether oxygens (including phenoxy) is 1. The Balaban J connectivity index is 1.85. The van der Waals surface area contributed by atoms with Crippen LogP contribution in [0.3, 0.4) is 0 Å². The van der Waals surface area contributed by atoms with Crippen LogP contribution in [0.5, 0.6) is 5.75 Å². The van der Waals surface area contributed by atoms with Gasteiger partial charge in [-0.1, -0.05) is 0 Å². The van der Waals surface area contributed by atoms with E-state index >= 15 is 0 Å². The van der Waals surface area contributed by atoms with Gasteiger partial charge in [-0.2, -0.15) is 0 Å². The Morgan fingerprint density at radius 2 is 2.12 bits per heavy atom. The number of carbonyl (C=O) groups is 2. The molecule has 128 valence electrons. The van der Waals surface area contributed by atoms with Crippen LogP contribution < -0.4 is 10.5 Å². The number of piperidine rings is 1. The maximum absolute atomic E-state index is 12.9. The quantitative estimate of drug-likeness (QED) is 0.902. The largest absolute Gasteiger partial charge is 0.494 e. The van der Waals surface area contributed by atoms with Crippen molar-refractivity contribution < 1.29 is 14.3 Å². The standard InChI is InChI=1S/C18H23N3O3/c1-3-24-14-7-6-12-8-16(20-15(12)9-14)18(23)21-10-13(17(19)22)5-4-11(21)2/h6-9,11,13,20H,3-5,10H2,1-2H3,(H2,19,22)/t11-,13+/m1/s1. The molecule has 0 unspecified atom stereocenters. The van der Waals surface area contributed by atoms with Gasteiger partial charge in [-0.3, -0.25) is 9.59 Å². The highest BCUT2D eigenvalue weighted by atomic mass is 16.5. The average Bonchev–Trinajstić information content (AvgIpc) is 2.98. The zero-order chi connectivity index (χ0) is 17.3. The Kier molecular flexibility index (Phi) is 4.46. The lowest BCUT2D eigenvalue weighted by atomic mass is 9.92. The third-order valence-electron chi connectivity index (χ3n) is 4.68. The first-order valence-corrected chi connectivity index (χ1v) is 8.35. The highest BCUT2D eigenvalue weighted by Crippen LogP contribution is 2.26. The van der Waals surface area contributed by atoms with E-state index in [9.17, 15) is 9.59 Å². The SMILES string of the molecule is CCOc1ccc2cc(C(=O)N3C[C@@H](C(N)=O)CC[C@H]3C)[nH]c2c1. The maximum Gasteiger partial charge on any atom is 0.270 e. The molecule has 1 saturated heterocycles. The molecule has 2 atom stereocenters. The number of hydrogen-bond acceptors (Lipinski definition) is 3. The number of hydrogen-bond donors (Lipinski definition) is 2. The molecule has 0 aliphatic carbocycles. The summed E-state index contributed by atoms with van der Waals surface area (Å²) in [4.78, 5) is 29.2. The van der Waals surface area contributed by atoms with Gasteiger partial charge in [0.1, 0.15) is 11.4 Å². The van der Waals surface area contributed by atoms with Gasteiger partial charge < -0.3 is 20.4 Å². The fraction of sp³-hybridized carbons (Fsp3) is 0.444. The molecule has 1 aromatic heterocycles. The fourth-order valence-corrected chi connectivity index (χ4v) is 3.25. The number of amides is 2. The van der Waals surface area contributed by atoms with Crippen molar-refractivity contribution in [2.45, 2.75) is 32.7 Å². The minimum atomic E-state index is -0.335. The molecule has 2 aromatic rings. The first-order valence-electron chi connectivity index (χ1n) is 8.35. The smallest absolute Gasteiger partial charge is 0.270 e. The Bertz CT molecular complexity index is 768. The molecule has 2 amide bonds. The number of nitrogens with two attached hydrogens (primary N) is 1. The summed E-state index contributed by atoms with van der Waals surface area (Å²) in [6.45, 7) is 4.92. The molecule has 0 spiro atoms. The molecule has 6 nitrogen and oxygen atoms in total. The van der Waals surface area contributed by atoms with Crippen molar-refractivity contribution in [3.63, 3.8) is 0 Å². The Morgan fingerprint density at radius 1 is 1.33 bits per heavy atom. The maximum atomic E-state index is 12.9. The molecule has 0 radical (unpaired) electrons. The lowest BCUT2D eigenvalue weighted by Gasteiger charge is -2.36. The van der Waals surface area contributed by atoms with Crippen LogP contribution in [0.1, 0.15) is 37.2 Å². The lowest BCUT2D eigenvalue weighted by Crippen LogP contribution is -2.48. The first-order chi connectivity index (χ1) is 11.5. The zero-order valence-corrected chi connectivity index (χ0v) is 14.0. The molecule has 1 fully saturated rings. The van der Waals surface area contributed by atoms with Crippen molar-refractivity contribution in [1.29, 1.82) is 0 Å². The minimum absolute atomic E-state index is 0.0948. The van der Waals surface area contributed by atoms with Crippen LogP contribution in [0.2, 0.25) is 0 Å². The number of benzene rings is 1. The molecule has 3 rings (SSSR count). The average molecular weight is 329 g/mol. The summed E-state index contributed by atoms with van der Waals surface area (Å²) < 4.78 is 5.49. The lowest BCUT2D eigenvalue weighted by molar-refractivity contribution is -0.123. The number of aromatic amines is 1. The summed E-state index contributed by atoms with van der Waals surface area (Å²) >= 11 is 0. The number of aromatic nitrogens is 1. The van der Waals surface area contributed by atoms with Crippen molar-refractivity contribution in [3.8, 4) is 5.75 Å². The van der Waals surface area contributed by atoms with E-state index in [2.05, 4.69) is 4.98 Å². The molecule has 1 aliphatic rings. The molecular weight excluding hydrogens is 306 g/mol. The summed E-state index contributed by atoms with van der Waals surface area (Å²) in [6.07, 6.45) is 1.53. The number of H-pyrrole nitrogens is 1. The van der Waals surface area contributed by atoms with E-state index in [1.807, 2.05) is 38.1 Å². The van der Waals surface area contributed by atoms with Gasteiger partial charge in [-0.05, 0) is 44.9 Å². The third kappa shape index (κ3) is 3.09. The molecule has 1 aromatic carbocycles. The van der Waals surface area contributed by atoms with E-state index in [4.69, 9.17) is 10.5 Å². The second kappa shape index (κ2) is 6.55. The molecule has 3 N–H and O–H groups in total. The number of rotatable bonds is 4. The van der Waals surface area contributed by atoms with Crippen molar-refractivity contribution in [2.75, 3.05) is 13.2 Å². The van der Waals surface area contributed by atoms with Gasteiger partial charge in [0.05, 0.1) is 12.5 Å². The van der Waals surface area contributed by atoms with Crippen molar-refractivity contribution in [1.82, 2.24) is 9.88 Å². The summed E-state index contributed by atoms with van der Waals surface area (Å²) in [7, 11) is 0. The monoisotopic (exact) mass is 329 g/mol. The Labute approximate surface area is 141 Å². The van der Waals surface area contributed by atoms with Crippen LogP contribution in [-0.4, -0.2) is 40.9 Å². The number of fused-ring (bicyclic) bond motifs is 1. The van der Waals surface area contributed by atoms with E-state index in [-0.39, 0.29) is 23.8 Å². The predicted molar refractivity (Wildman–Crippen MR) is 91.9 cm³/mol. The number of nitrogens with one attached hydrogen (secondary N) is 1. The first kappa shape index (κ1) is 16.4. The van der Waals surface area contributed by atoms with Gasteiger partial charge in [-0.15, -0.1) is 0 Å². The van der Waals surface area contributed by atoms with Crippen LogP contribution in [0.4, 0.5) is 0 Å². The molecule has 0 saturated carbocycles. The van der Waals surface area contributed by atoms with Gasteiger partial charge in [0.2, 0.25) is 5.91 Å². The molecule has 0 bridgehead atoms. The Hall–Kier alpha value is -2.50. The molecule has 1 aliphatic heterocycles. The van der Waals surface area contributed by atoms with Crippen LogP contribution in [-0.2, 0) is 4.79 Å². The number of nitrogens with zero attached hydrogens (tertiary/aromatic N) is 1. The van der Waals surface area contributed by atoms with Crippen molar-refractivity contribution in [3.05, 3.63) is 30.0 Å². The highest BCUT2D eigenvalue weighted by Gasteiger charge is 2.32. The summed E-state index contributed by atoms with van der Waals surface area (Å²) in [5.41, 5.74) is 6.81. The van der Waals surface area contributed by atoms with Crippen LogP contribution in [0, 0.1) is 5.92 Å². The van der Waals surface area contributed by atoms with Crippen molar-refractivity contribution >= 4 is 22.7 Å². The molecule has 24 heavy (non-hydrogen) atoms. The van der Waals surface area contributed by atoms with Gasteiger partial charge in [0, 0.05) is 29.6 Å². The van der Waals surface area contributed by atoms with E-state index in [1.54, 1.807) is 4.90 Å². The topological polar surface area (TPSA) is 88.4 Å². The van der Waals surface area contributed by atoms with E-state index in [1.165, 1.54) is 0 Å². The minimum Gasteiger partial charge on any atom is -0.494 e.